The van der Waals surface area contributed by atoms with Crippen LogP contribution in [0.5, 0.6) is 0 Å². The van der Waals surface area contributed by atoms with Gasteiger partial charge in [0.05, 0.1) is 11.8 Å². The van der Waals surface area contributed by atoms with Crippen molar-refractivity contribution in [3.63, 3.8) is 0 Å². The number of amides is 1. The fourth-order valence-corrected chi connectivity index (χ4v) is 3.45. The van der Waals surface area contributed by atoms with Crippen LogP contribution < -0.4 is 5.32 Å². The Labute approximate surface area is 111 Å². The molecule has 4 nitrogen and oxygen atoms in total. The van der Waals surface area contributed by atoms with E-state index in [2.05, 4.69) is 5.32 Å². The average molecular weight is 259 g/mol. The summed E-state index contributed by atoms with van der Waals surface area (Å²) in [4.78, 5) is 23.4. The van der Waals surface area contributed by atoms with Crippen LogP contribution in [0, 0.1) is 0 Å². The van der Waals surface area contributed by atoms with Crippen molar-refractivity contribution in [2.75, 3.05) is 5.32 Å². The van der Waals surface area contributed by atoms with Crippen LogP contribution >= 0.6 is 0 Å². The molecule has 4 heteroatoms. The highest BCUT2D eigenvalue weighted by Crippen LogP contribution is 2.43. The molecule has 1 aromatic carbocycles. The molecule has 0 saturated heterocycles. The minimum Gasteiger partial charge on any atom is -0.481 e. The van der Waals surface area contributed by atoms with E-state index in [0.29, 0.717) is 19.3 Å². The number of carboxylic acid groups (broad SMARTS) is 1. The lowest BCUT2D eigenvalue weighted by atomic mass is 9.68. The van der Waals surface area contributed by atoms with E-state index in [-0.39, 0.29) is 5.91 Å². The largest absolute Gasteiger partial charge is 0.481 e. The number of carboxylic acids is 1. The molecule has 0 spiro atoms. The van der Waals surface area contributed by atoms with E-state index < -0.39 is 11.4 Å². The number of carbonyl (C=O) groups is 2. The van der Waals surface area contributed by atoms with Gasteiger partial charge in [0.2, 0.25) is 5.91 Å². The number of aliphatic carboxylic acids is 1. The second-order valence-corrected chi connectivity index (χ2v) is 5.50. The van der Waals surface area contributed by atoms with E-state index in [9.17, 15) is 14.7 Å². The van der Waals surface area contributed by atoms with Crippen molar-refractivity contribution in [1.82, 2.24) is 0 Å². The number of hydrogen-bond acceptors (Lipinski definition) is 2. The Balaban J connectivity index is 2.12. The zero-order valence-corrected chi connectivity index (χ0v) is 10.7. The molecule has 1 saturated carbocycles. The second-order valence-electron chi connectivity index (χ2n) is 5.50. The third kappa shape index (κ3) is 1.82. The van der Waals surface area contributed by atoms with Crippen molar-refractivity contribution in [2.24, 2.45) is 0 Å². The van der Waals surface area contributed by atoms with Crippen LogP contribution in [0.3, 0.4) is 0 Å². The number of rotatable bonds is 2. The zero-order chi connectivity index (χ0) is 13.5. The quantitative estimate of drug-likeness (QED) is 0.857. The van der Waals surface area contributed by atoms with Crippen LogP contribution in [0.4, 0.5) is 5.69 Å². The van der Waals surface area contributed by atoms with Crippen molar-refractivity contribution in [3.8, 4) is 0 Å². The summed E-state index contributed by atoms with van der Waals surface area (Å²) in [7, 11) is 0. The van der Waals surface area contributed by atoms with Crippen molar-refractivity contribution in [3.05, 3.63) is 29.3 Å². The molecule has 0 atom stereocenters. The number of fused-ring (bicyclic) bond motifs is 1. The van der Waals surface area contributed by atoms with E-state index >= 15 is 0 Å². The first-order valence-electron chi connectivity index (χ1n) is 6.79. The third-order valence-electron chi connectivity index (χ3n) is 4.42. The molecule has 3 rings (SSSR count). The van der Waals surface area contributed by atoms with Gasteiger partial charge in [-0.2, -0.15) is 0 Å². The number of nitrogens with one attached hydrogen (secondary N) is 1. The third-order valence-corrected chi connectivity index (χ3v) is 4.42. The van der Waals surface area contributed by atoms with Crippen LogP contribution in [0.25, 0.3) is 0 Å². The maximum atomic E-state index is 11.9. The lowest BCUT2D eigenvalue weighted by Gasteiger charge is -2.34. The SMILES string of the molecule is O=C1Cc2c(cccc2C2(C(=O)O)CCCCC2)N1. The highest BCUT2D eigenvalue weighted by atomic mass is 16.4. The Bertz CT molecular complexity index is 544. The van der Waals surface area contributed by atoms with Crippen LogP contribution in [0.1, 0.15) is 43.2 Å². The molecule has 1 heterocycles. The summed E-state index contributed by atoms with van der Waals surface area (Å²) >= 11 is 0. The van der Waals surface area contributed by atoms with Crippen LogP contribution in [0.15, 0.2) is 18.2 Å². The van der Waals surface area contributed by atoms with Crippen molar-refractivity contribution < 1.29 is 14.7 Å². The topological polar surface area (TPSA) is 66.4 Å². The molecule has 1 aromatic rings. The van der Waals surface area contributed by atoms with Gasteiger partial charge >= 0.3 is 5.97 Å². The van der Waals surface area contributed by atoms with Crippen LogP contribution in [-0.2, 0) is 21.4 Å². The molecule has 19 heavy (non-hydrogen) atoms. The summed E-state index contributed by atoms with van der Waals surface area (Å²) in [5.74, 6) is -0.793. The smallest absolute Gasteiger partial charge is 0.314 e. The molecule has 0 radical (unpaired) electrons. The Kier molecular flexibility index (Phi) is 2.81. The Morgan fingerprint density at radius 3 is 2.63 bits per heavy atom. The van der Waals surface area contributed by atoms with E-state index in [4.69, 9.17) is 0 Å². The highest BCUT2D eigenvalue weighted by molar-refractivity contribution is 6.00. The predicted molar refractivity (Wildman–Crippen MR) is 71.2 cm³/mol. The summed E-state index contributed by atoms with van der Waals surface area (Å²) in [5, 5.41) is 12.5. The number of hydrogen-bond donors (Lipinski definition) is 2. The van der Waals surface area contributed by atoms with Gasteiger partial charge < -0.3 is 10.4 Å². The van der Waals surface area contributed by atoms with E-state index in [1.165, 1.54) is 0 Å². The van der Waals surface area contributed by atoms with Crippen LogP contribution in [0.2, 0.25) is 0 Å². The lowest BCUT2D eigenvalue weighted by molar-refractivity contribution is -0.145. The van der Waals surface area contributed by atoms with Gasteiger partial charge in [-0.3, -0.25) is 9.59 Å². The van der Waals surface area contributed by atoms with Crippen LogP contribution in [-0.4, -0.2) is 17.0 Å². The first-order chi connectivity index (χ1) is 9.13. The van der Waals surface area contributed by atoms with Crippen molar-refractivity contribution >= 4 is 17.6 Å². The highest BCUT2D eigenvalue weighted by Gasteiger charge is 2.43. The van der Waals surface area contributed by atoms with Crippen molar-refractivity contribution in [2.45, 2.75) is 43.9 Å². The van der Waals surface area contributed by atoms with Gasteiger partial charge in [0.1, 0.15) is 0 Å². The van der Waals surface area contributed by atoms with Gasteiger partial charge in [0.25, 0.3) is 0 Å². The average Bonchev–Trinajstić information content (AvgIpc) is 2.79. The summed E-state index contributed by atoms with van der Waals surface area (Å²) in [5.41, 5.74) is 1.72. The first-order valence-corrected chi connectivity index (χ1v) is 6.79. The van der Waals surface area contributed by atoms with E-state index in [0.717, 1.165) is 36.1 Å². The van der Waals surface area contributed by atoms with Gasteiger partial charge in [-0.1, -0.05) is 31.4 Å². The fourth-order valence-electron chi connectivity index (χ4n) is 3.45. The van der Waals surface area contributed by atoms with Gasteiger partial charge in [-0.25, -0.2) is 0 Å². The number of carbonyl (C=O) groups excluding carboxylic acids is 1. The molecule has 0 aromatic heterocycles. The molecule has 1 amide bonds. The number of benzene rings is 1. The fraction of sp³-hybridized carbons (Fsp3) is 0.467. The molecular weight excluding hydrogens is 242 g/mol. The molecule has 1 fully saturated rings. The molecule has 2 aliphatic rings. The summed E-state index contributed by atoms with van der Waals surface area (Å²) < 4.78 is 0. The maximum absolute atomic E-state index is 11.9. The Hall–Kier alpha value is -1.84. The molecule has 1 aliphatic carbocycles. The Morgan fingerprint density at radius 2 is 1.95 bits per heavy atom. The zero-order valence-electron chi connectivity index (χ0n) is 10.7. The van der Waals surface area contributed by atoms with Crippen molar-refractivity contribution in [1.29, 1.82) is 0 Å². The standard InChI is InChI=1S/C15H17NO3/c17-13-9-10-11(5-4-6-12(10)16-13)15(14(18)19)7-2-1-3-8-15/h4-6H,1-3,7-9H2,(H,16,17)(H,18,19). The minimum atomic E-state index is -0.796. The summed E-state index contributed by atoms with van der Waals surface area (Å²) in [6.07, 6.45) is 4.64. The van der Waals surface area contributed by atoms with Gasteiger partial charge in [0, 0.05) is 5.69 Å². The summed E-state index contributed by atoms with van der Waals surface area (Å²) in [6.45, 7) is 0. The predicted octanol–water partition coefficient (Wildman–Crippen LogP) is 2.47. The number of anilines is 1. The Morgan fingerprint density at radius 1 is 1.21 bits per heavy atom. The van der Waals surface area contributed by atoms with Gasteiger partial charge in [-0.05, 0) is 30.0 Å². The normalized spacial score (nSPS) is 20.7. The maximum Gasteiger partial charge on any atom is 0.314 e. The molecular formula is C15H17NO3. The molecule has 0 bridgehead atoms. The first kappa shape index (κ1) is 12.2. The lowest BCUT2D eigenvalue weighted by Crippen LogP contribution is -2.38. The van der Waals surface area contributed by atoms with Gasteiger partial charge in [-0.15, -0.1) is 0 Å². The monoisotopic (exact) mass is 259 g/mol. The molecule has 0 unspecified atom stereocenters. The van der Waals surface area contributed by atoms with E-state index in [1.54, 1.807) is 0 Å². The second kappa shape index (κ2) is 4.37. The minimum absolute atomic E-state index is 0.0428. The van der Waals surface area contributed by atoms with Gasteiger partial charge in [0.15, 0.2) is 0 Å². The molecule has 100 valence electrons. The van der Waals surface area contributed by atoms with E-state index in [1.807, 2.05) is 18.2 Å². The summed E-state index contributed by atoms with van der Waals surface area (Å²) in [6, 6.07) is 5.58. The molecule has 2 N–H and O–H groups in total. The molecule has 1 aliphatic heterocycles.